The molecule has 1 N–H and O–H groups in total. The van der Waals surface area contributed by atoms with Crippen LogP contribution < -0.4 is 0 Å². The van der Waals surface area contributed by atoms with Gasteiger partial charge in [-0.2, -0.15) is 5.10 Å². The van der Waals surface area contributed by atoms with Crippen molar-refractivity contribution >= 4 is 11.9 Å². The van der Waals surface area contributed by atoms with Gasteiger partial charge in [0.05, 0.1) is 23.7 Å². The number of hydrogen-bond donors (Lipinski definition) is 1. The molecule has 6 heteroatoms. The number of carboxylic acid groups (broad SMARTS) is 1. The number of amides is 1. The summed E-state index contributed by atoms with van der Waals surface area (Å²) in [5.41, 5.74) is 1.86. The molecule has 0 spiro atoms. The van der Waals surface area contributed by atoms with Crippen molar-refractivity contribution in [3.8, 4) is 5.69 Å². The molecular weight excluding hydrogens is 282 g/mol. The lowest BCUT2D eigenvalue weighted by Gasteiger charge is -2.15. The van der Waals surface area contributed by atoms with E-state index in [0.29, 0.717) is 13.0 Å². The Morgan fingerprint density at radius 2 is 2.05 bits per heavy atom. The van der Waals surface area contributed by atoms with Crippen molar-refractivity contribution in [2.45, 2.75) is 13.0 Å². The molecule has 0 radical (unpaired) electrons. The van der Waals surface area contributed by atoms with Crippen molar-refractivity contribution in [3.05, 3.63) is 48.3 Å². The van der Waals surface area contributed by atoms with E-state index in [4.69, 9.17) is 5.11 Å². The van der Waals surface area contributed by atoms with E-state index < -0.39 is 11.9 Å². The minimum absolute atomic E-state index is 0.111. The summed E-state index contributed by atoms with van der Waals surface area (Å²) in [5.74, 6) is -1.88. The van der Waals surface area contributed by atoms with E-state index in [1.165, 1.54) is 0 Å². The third kappa shape index (κ3) is 2.86. The molecule has 1 heterocycles. The van der Waals surface area contributed by atoms with E-state index >= 15 is 0 Å². The maximum atomic E-state index is 12.1. The van der Waals surface area contributed by atoms with Gasteiger partial charge in [0.15, 0.2) is 0 Å². The lowest BCUT2D eigenvalue weighted by molar-refractivity contribution is -0.141. The van der Waals surface area contributed by atoms with Gasteiger partial charge in [0.1, 0.15) is 0 Å². The van der Waals surface area contributed by atoms with Gasteiger partial charge in [-0.05, 0) is 18.6 Å². The van der Waals surface area contributed by atoms with Crippen LogP contribution in [-0.4, -0.2) is 38.7 Å². The van der Waals surface area contributed by atoms with Crippen molar-refractivity contribution in [2.75, 3.05) is 7.05 Å². The summed E-state index contributed by atoms with van der Waals surface area (Å²) in [6.45, 7) is 0.425. The third-order valence-electron chi connectivity index (χ3n) is 3.88. The molecule has 2 atom stereocenters. The lowest BCUT2D eigenvalue weighted by Crippen LogP contribution is -2.28. The summed E-state index contributed by atoms with van der Waals surface area (Å²) >= 11 is 0. The predicted molar refractivity (Wildman–Crippen MR) is 79.3 cm³/mol. The van der Waals surface area contributed by atoms with E-state index in [1.54, 1.807) is 22.8 Å². The molecule has 1 aromatic carbocycles. The fourth-order valence-electron chi connectivity index (χ4n) is 2.54. The number of carbonyl (C=O) groups excluding carboxylic acids is 1. The van der Waals surface area contributed by atoms with Crippen LogP contribution in [0.1, 0.15) is 12.0 Å². The Hall–Kier alpha value is -2.63. The maximum absolute atomic E-state index is 12.1. The molecule has 0 unspecified atom stereocenters. The summed E-state index contributed by atoms with van der Waals surface area (Å²) in [4.78, 5) is 24.5. The molecule has 1 fully saturated rings. The lowest BCUT2D eigenvalue weighted by atomic mass is 10.2. The van der Waals surface area contributed by atoms with E-state index in [0.717, 1.165) is 11.3 Å². The first-order valence-corrected chi connectivity index (χ1v) is 7.13. The van der Waals surface area contributed by atoms with E-state index in [1.807, 2.05) is 36.5 Å². The number of aliphatic carboxylic acids is 1. The predicted octanol–water partition coefficient (Wildman–Crippen LogP) is 1.55. The minimum atomic E-state index is -0.886. The summed E-state index contributed by atoms with van der Waals surface area (Å²) in [5, 5.41) is 13.2. The molecule has 1 aliphatic carbocycles. The SMILES string of the molecule is CN(Cc1cnn(-c2ccccc2)c1)C(=O)[C@H]1C[C@@H]1C(=O)O. The molecule has 114 valence electrons. The third-order valence-corrected chi connectivity index (χ3v) is 3.88. The number of carbonyl (C=O) groups is 2. The normalized spacial score (nSPS) is 19.7. The molecule has 0 saturated heterocycles. The fourth-order valence-corrected chi connectivity index (χ4v) is 2.54. The monoisotopic (exact) mass is 299 g/mol. The van der Waals surface area contributed by atoms with Gasteiger partial charge in [-0.3, -0.25) is 9.59 Å². The Morgan fingerprint density at radius 3 is 2.68 bits per heavy atom. The van der Waals surface area contributed by atoms with Gasteiger partial charge in [0.25, 0.3) is 0 Å². The van der Waals surface area contributed by atoms with Crippen molar-refractivity contribution < 1.29 is 14.7 Å². The standard InChI is InChI=1S/C16H17N3O3/c1-18(15(20)13-7-14(13)16(21)22)9-11-8-17-19(10-11)12-5-3-2-4-6-12/h2-6,8,10,13-14H,7,9H2,1H3,(H,21,22)/t13-,14-/m0/s1. The van der Waals surface area contributed by atoms with Crippen molar-refractivity contribution in [3.63, 3.8) is 0 Å². The van der Waals surface area contributed by atoms with Crippen LogP contribution in [-0.2, 0) is 16.1 Å². The zero-order chi connectivity index (χ0) is 15.7. The Morgan fingerprint density at radius 1 is 1.32 bits per heavy atom. The summed E-state index contributed by atoms with van der Waals surface area (Å²) in [7, 11) is 1.69. The van der Waals surface area contributed by atoms with E-state index in [-0.39, 0.29) is 11.8 Å². The van der Waals surface area contributed by atoms with Crippen LogP contribution in [0.5, 0.6) is 0 Å². The van der Waals surface area contributed by atoms with Crippen LogP contribution in [0.3, 0.4) is 0 Å². The Kier molecular flexibility index (Phi) is 3.66. The fraction of sp³-hybridized carbons (Fsp3) is 0.312. The average molecular weight is 299 g/mol. The first kappa shape index (κ1) is 14.3. The van der Waals surface area contributed by atoms with Gasteiger partial charge in [-0.15, -0.1) is 0 Å². The van der Waals surface area contributed by atoms with Crippen molar-refractivity contribution in [2.24, 2.45) is 11.8 Å². The van der Waals surface area contributed by atoms with Crippen LogP contribution in [0.15, 0.2) is 42.7 Å². The molecule has 1 aromatic heterocycles. The van der Waals surface area contributed by atoms with Gasteiger partial charge >= 0.3 is 5.97 Å². The van der Waals surface area contributed by atoms with Gasteiger partial charge < -0.3 is 10.0 Å². The van der Waals surface area contributed by atoms with Gasteiger partial charge in [-0.25, -0.2) is 4.68 Å². The highest BCUT2D eigenvalue weighted by atomic mass is 16.4. The Bertz CT molecular complexity index is 696. The zero-order valence-corrected chi connectivity index (χ0v) is 12.2. The van der Waals surface area contributed by atoms with Crippen LogP contribution in [0.2, 0.25) is 0 Å². The number of para-hydroxylation sites is 1. The number of carboxylic acids is 1. The van der Waals surface area contributed by atoms with Gasteiger partial charge in [0.2, 0.25) is 5.91 Å². The van der Waals surface area contributed by atoms with Crippen molar-refractivity contribution in [1.82, 2.24) is 14.7 Å². The molecule has 22 heavy (non-hydrogen) atoms. The number of hydrogen-bond acceptors (Lipinski definition) is 3. The molecule has 6 nitrogen and oxygen atoms in total. The Labute approximate surface area is 128 Å². The largest absolute Gasteiger partial charge is 0.481 e. The second kappa shape index (κ2) is 5.63. The summed E-state index contributed by atoms with van der Waals surface area (Å²) in [6.07, 6.45) is 4.04. The molecule has 1 aliphatic rings. The Balaban J connectivity index is 1.63. The number of benzene rings is 1. The minimum Gasteiger partial charge on any atom is -0.481 e. The zero-order valence-electron chi connectivity index (χ0n) is 12.2. The first-order chi connectivity index (χ1) is 10.6. The van der Waals surface area contributed by atoms with Crippen LogP contribution in [0, 0.1) is 11.8 Å². The molecule has 2 aromatic rings. The first-order valence-electron chi connectivity index (χ1n) is 7.13. The van der Waals surface area contributed by atoms with Crippen LogP contribution >= 0.6 is 0 Å². The summed E-state index contributed by atoms with van der Waals surface area (Å²) in [6, 6.07) is 9.71. The second-order valence-electron chi connectivity index (χ2n) is 5.61. The van der Waals surface area contributed by atoms with E-state index in [9.17, 15) is 9.59 Å². The quantitative estimate of drug-likeness (QED) is 0.909. The van der Waals surface area contributed by atoms with Gasteiger partial charge in [0, 0.05) is 25.4 Å². The second-order valence-corrected chi connectivity index (χ2v) is 5.61. The number of nitrogens with zero attached hydrogens (tertiary/aromatic N) is 3. The average Bonchev–Trinajstić information content (AvgIpc) is 3.20. The van der Waals surface area contributed by atoms with Crippen molar-refractivity contribution in [1.29, 1.82) is 0 Å². The topological polar surface area (TPSA) is 75.4 Å². The highest BCUT2D eigenvalue weighted by molar-refractivity contribution is 5.89. The highest BCUT2D eigenvalue weighted by Crippen LogP contribution is 2.40. The van der Waals surface area contributed by atoms with Crippen LogP contribution in [0.25, 0.3) is 5.69 Å². The molecule has 1 saturated carbocycles. The smallest absolute Gasteiger partial charge is 0.307 e. The molecular formula is C16H17N3O3. The number of aromatic nitrogens is 2. The summed E-state index contributed by atoms with van der Waals surface area (Å²) < 4.78 is 1.75. The van der Waals surface area contributed by atoms with E-state index in [2.05, 4.69) is 5.10 Å². The molecule has 0 bridgehead atoms. The molecule has 3 rings (SSSR count). The highest BCUT2D eigenvalue weighted by Gasteiger charge is 2.49. The van der Waals surface area contributed by atoms with Gasteiger partial charge in [-0.1, -0.05) is 18.2 Å². The molecule has 1 amide bonds. The van der Waals surface area contributed by atoms with Crippen LogP contribution in [0.4, 0.5) is 0 Å². The molecule has 0 aliphatic heterocycles. The number of rotatable bonds is 5. The maximum Gasteiger partial charge on any atom is 0.307 e.